The average molecular weight is 214 g/mol. The molecule has 0 aromatic carbocycles. The van der Waals surface area contributed by atoms with Crippen LogP contribution in [-0.2, 0) is 9.59 Å². The van der Waals surface area contributed by atoms with E-state index in [1.807, 2.05) is 5.32 Å². The van der Waals surface area contributed by atoms with Crippen molar-refractivity contribution in [3.8, 4) is 0 Å². The molecule has 15 heavy (non-hydrogen) atoms. The number of nitrogens with two attached hydrogens (primary N) is 2. The zero-order valence-electron chi connectivity index (χ0n) is 8.23. The van der Waals surface area contributed by atoms with Gasteiger partial charge in [0.2, 0.25) is 11.8 Å². The summed E-state index contributed by atoms with van der Waals surface area (Å²) in [6.07, 6.45) is 1.05. The first-order valence-electron chi connectivity index (χ1n) is 4.63. The van der Waals surface area contributed by atoms with Gasteiger partial charge in [0.15, 0.2) is 0 Å². The quantitative estimate of drug-likeness (QED) is 0.510. The van der Waals surface area contributed by atoms with Gasteiger partial charge in [-0.2, -0.15) is 0 Å². The zero-order chi connectivity index (χ0) is 11.4. The van der Waals surface area contributed by atoms with Crippen LogP contribution in [0.3, 0.4) is 0 Å². The first-order valence-corrected chi connectivity index (χ1v) is 4.63. The van der Waals surface area contributed by atoms with Crippen LogP contribution in [0.2, 0.25) is 0 Å². The Hall–Kier alpha value is -1.63. The van der Waals surface area contributed by atoms with Crippen LogP contribution in [0, 0.1) is 0 Å². The lowest BCUT2D eigenvalue weighted by Crippen LogP contribution is -2.46. The fraction of sp³-hybridized carbons (Fsp3) is 0.625. The van der Waals surface area contributed by atoms with Gasteiger partial charge in [0, 0.05) is 19.0 Å². The predicted molar refractivity (Wildman–Crippen MR) is 51.5 cm³/mol. The van der Waals surface area contributed by atoms with E-state index in [-0.39, 0.29) is 18.5 Å². The standard InChI is InChI=1S/C8H14N4O3/c9-3-5-1-2-7(14)12(5)4-6(13)11-8(10)15/h5H,1-4,9H2,(H3,10,11,13,15). The summed E-state index contributed by atoms with van der Waals surface area (Å²) in [4.78, 5) is 34.3. The van der Waals surface area contributed by atoms with Crippen LogP contribution in [0.15, 0.2) is 0 Å². The number of imide groups is 1. The van der Waals surface area contributed by atoms with Crippen LogP contribution >= 0.6 is 0 Å². The van der Waals surface area contributed by atoms with Crippen LogP contribution in [0.4, 0.5) is 4.79 Å². The molecule has 1 aliphatic rings. The molecule has 0 aromatic heterocycles. The second-order valence-electron chi connectivity index (χ2n) is 3.36. The van der Waals surface area contributed by atoms with Crippen molar-refractivity contribution >= 4 is 17.8 Å². The Balaban J connectivity index is 2.52. The molecule has 0 bridgehead atoms. The first kappa shape index (κ1) is 11.4. The number of rotatable bonds is 3. The third kappa shape index (κ3) is 2.91. The Morgan fingerprint density at radius 3 is 2.73 bits per heavy atom. The third-order valence-corrected chi connectivity index (χ3v) is 2.30. The summed E-state index contributed by atoms with van der Waals surface area (Å²) < 4.78 is 0. The number of carbonyl (C=O) groups excluding carboxylic acids is 3. The van der Waals surface area contributed by atoms with Gasteiger partial charge < -0.3 is 16.4 Å². The molecule has 0 spiro atoms. The van der Waals surface area contributed by atoms with Crippen LogP contribution in [0.25, 0.3) is 0 Å². The highest BCUT2D eigenvalue weighted by molar-refractivity contribution is 5.96. The summed E-state index contributed by atoms with van der Waals surface area (Å²) in [6.45, 7) is 0.152. The number of nitrogens with zero attached hydrogens (tertiary/aromatic N) is 1. The monoisotopic (exact) mass is 214 g/mol. The van der Waals surface area contributed by atoms with Gasteiger partial charge in [-0.3, -0.25) is 14.9 Å². The van der Waals surface area contributed by atoms with Crippen LogP contribution in [0.1, 0.15) is 12.8 Å². The van der Waals surface area contributed by atoms with E-state index in [1.54, 1.807) is 0 Å². The fourth-order valence-corrected chi connectivity index (χ4v) is 1.59. The molecule has 84 valence electrons. The van der Waals surface area contributed by atoms with E-state index < -0.39 is 11.9 Å². The molecule has 1 fully saturated rings. The number of nitrogens with one attached hydrogen (secondary N) is 1. The number of primary amides is 1. The molecule has 1 heterocycles. The van der Waals surface area contributed by atoms with Gasteiger partial charge in [-0.05, 0) is 6.42 Å². The maximum Gasteiger partial charge on any atom is 0.318 e. The highest BCUT2D eigenvalue weighted by Gasteiger charge is 2.31. The zero-order valence-corrected chi connectivity index (χ0v) is 8.23. The Labute approximate surface area is 86.8 Å². The molecule has 1 aliphatic heterocycles. The van der Waals surface area contributed by atoms with Gasteiger partial charge in [0.1, 0.15) is 6.54 Å². The lowest BCUT2D eigenvalue weighted by molar-refractivity contribution is -0.133. The Bertz CT molecular complexity index is 292. The van der Waals surface area contributed by atoms with E-state index in [2.05, 4.69) is 0 Å². The fourth-order valence-electron chi connectivity index (χ4n) is 1.59. The number of hydrogen-bond donors (Lipinski definition) is 3. The summed E-state index contributed by atoms with van der Waals surface area (Å²) in [5.41, 5.74) is 10.2. The highest BCUT2D eigenvalue weighted by Crippen LogP contribution is 2.16. The highest BCUT2D eigenvalue weighted by atomic mass is 16.2. The van der Waals surface area contributed by atoms with Crippen molar-refractivity contribution < 1.29 is 14.4 Å². The van der Waals surface area contributed by atoms with Gasteiger partial charge in [0.05, 0.1) is 0 Å². The maximum atomic E-state index is 11.3. The molecule has 1 atom stereocenters. The lowest BCUT2D eigenvalue weighted by atomic mass is 10.2. The lowest BCUT2D eigenvalue weighted by Gasteiger charge is -2.22. The first-order chi connectivity index (χ1) is 7.04. The Morgan fingerprint density at radius 2 is 2.20 bits per heavy atom. The molecule has 7 heteroatoms. The third-order valence-electron chi connectivity index (χ3n) is 2.30. The number of hydrogen-bond acceptors (Lipinski definition) is 4. The molecular formula is C8H14N4O3. The largest absolute Gasteiger partial charge is 0.351 e. The van der Waals surface area contributed by atoms with E-state index in [0.29, 0.717) is 19.4 Å². The topological polar surface area (TPSA) is 119 Å². The summed E-state index contributed by atoms with van der Waals surface area (Å²) in [5.74, 6) is -0.707. The second kappa shape index (κ2) is 4.74. The number of amides is 4. The molecule has 1 saturated heterocycles. The maximum absolute atomic E-state index is 11.3. The minimum absolute atomic E-state index is 0.115. The molecule has 0 aliphatic carbocycles. The van der Waals surface area contributed by atoms with E-state index in [9.17, 15) is 14.4 Å². The molecule has 0 aromatic rings. The molecule has 4 amide bonds. The van der Waals surface area contributed by atoms with Crippen molar-refractivity contribution in [2.24, 2.45) is 11.5 Å². The molecule has 0 radical (unpaired) electrons. The number of likely N-dealkylation sites (tertiary alicyclic amines) is 1. The van der Waals surface area contributed by atoms with Crippen molar-refractivity contribution in [1.82, 2.24) is 10.2 Å². The van der Waals surface area contributed by atoms with Gasteiger partial charge in [-0.25, -0.2) is 4.79 Å². The Kier molecular flexibility index (Phi) is 3.62. The summed E-state index contributed by atoms with van der Waals surface area (Å²) in [7, 11) is 0. The summed E-state index contributed by atoms with van der Waals surface area (Å²) >= 11 is 0. The van der Waals surface area contributed by atoms with Crippen LogP contribution in [-0.4, -0.2) is 41.9 Å². The van der Waals surface area contributed by atoms with Crippen molar-refractivity contribution in [2.45, 2.75) is 18.9 Å². The summed E-state index contributed by atoms with van der Waals surface area (Å²) in [5, 5.41) is 1.90. The van der Waals surface area contributed by atoms with Crippen molar-refractivity contribution in [3.63, 3.8) is 0 Å². The molecule has 0 saturated carbocycles. The van der Waals surface area contributed by atoms with Crippen molar-refractivity contribution in [2.75, 3.05) is 13.1 Å². The molecule has 1 unspecified atom stereocenters. The average Bonchev–Trinajstić information content (AvgIpc) is 2.46. The SMILES string of the molecule is NCC1CCC(=O)N1CC(=O)NC(N)=O. The molecule has 7 nitrogen and oxygen atoms in total. The second-order valence-corrected chi connectivity index (χ2v) is 3.36. The van der Waals surface area contributed by atoms with E-state index in [4.69, 9.17) is 11.5 Å². The van der Waals surface area contributed by atoms with Gasteiger partial charge in [0.25, 0.3) is 0 Å². The molecule has 1 rings (SSSR count). The minimum Gasteiger partial charge on any atom is -0.351 e. The van der Waals surface area contributed by atoms with Crippen molar-refractivity contribution in [1.29, 1.82) is 0 Å². The smallest absolute Gasteiger partial charge is 0.318 e. The molecule has 5 N–H and O–H groups in total. The molecular weight excluding hydrogens is 200 g/mol. The van der Waals surface area contributed by atoms with Crippen molar-refractivity contribution in [3.05, 3.63) is 0 Å². The Morgan fingerprint density at radius 1 is 1.53 bits per heavy atom. The normalized spacial score (nSPS) is 20.5. The van der Waals surface area contributed by atoms with Gasteiger partial charge >= 0.3 is 6.03 Å². The van der Waals surface area contributed by atoms with Crippen LogP contribution < -0.4 is 16.8 Å². The number of carbonyl (C=O) groups is 3. The van der Waals surface area contributed by atoms with E-state index >= 15 is 0 Å². The van der Waals surface area contributed by atoms with E-state index in [0.717, 1.165) is 0 Å². The number of urea groups is 1. The predicted octanol–water partition coefficient (Wildman–Crippen LogP) is -1.87. The minimum atomic E-state index is -0.920. The van der Waals surface area contributed by atoms with Gasteiger partial charge in [-0.15, -0.1) is 0 Å². The van der Waals surface area contributed by atoms with E-state index in [1.165, 1.54) is 4.90 Å². The summed E-state index contributed by atoms with van der Waals surface area (Å²) in [6, 6.07) is -1.04. The van der Waals surface area contributed by atoms with Crippen LogP contribution in [0.5, 0.6) is 0 Å². The van der Waals surface area contributed by atoms with Gasteiger partial charge in [-0.1, -0.05) is 0 Å².